The molecule has 0 aliphatic heterocycles. The van der Waals surface area contributed by atoms with Crippen LogP contribution in [0.1, 0.15) is 21.2 Å². The van der Waals surface area contributed by atoms with Gasteiger partial charge in [0.2, 0.25) is 0 Å². The number of hydrogen-bond acceptors (Lipinski definition) is 5. The van der Waals surface area contributed by atoms with E-state index in [0.29, 0.717) is 23.9 Å². The van der Waals surface area contributed by atoms with Crippen molar-refractivity contribution in [3.8, 4) is 0 Å². The number of fused-ring (bicyclic) bond motifs is 1. The molecule has 0 aliphatic carbocycles. The first-order valence-corrected chi connectivity index (χ1v) is 9.84. The van der Waals surface area contributed by atoms with Gasteiger partial charge in [-0.2, -0.15) is 0 Å². The van der Waals surface area contributed by atoms with Gasteiger partial charge in [0.15, 0.2) is 10.9 Å². The number of carbonyl (C=O) groups is 1. The summed E-state index contributed by atoms with van der Waals surface area (Å²) < 4.78 is 7.07. The molecule has 6 nitrogen and oxygen atoms in total. The molecule has 0 amide bonds. The maximum atomic E-state index is 13.5. The van der Waals surface area contributed by atoms with E-state index in [-0.39, 0.29) is 5.78 Å². The van der Waals surface area contributed by atoms with E-state index in [2.05, 4.69) is 15.2 Å². The topological polar surface area (TPSA) is 72.8 Å². The number of nitrogens with one attached hydrogen (secondary N) is 1. The molecule has 7 heteroatoms. The Hall–Kier alpha value is -2.90. The zero-order chi connectivity index (χ0) is 19.3. The van der Waals surface area contributed by atoms with E-state index in [1.54, 1.807) is 19.6 Å². The second-order valence-corrected chi connectivity index (χ2v) is 7.39. The largest absolute Gasteiger partial charge is 0.383 e. The average Bonchev–Trinajstić information content (AvgIpc) is 3.37. The SMILES string of the molecule is COCCn1cnnc1S[C@H](C(=O)c1c[nH]c2ccccc12)c1ccccc1. The molecule has 0 aliphatic rings. The van der Waals surface area contributed by atoms with Gasteiger partial charge in [0.25, 0.3) is 0 Å². The molecule has 2 aromatic heterocycles. The summed E-state index contributed by atoms with van der Waals surface area (Å²) in [5.41, 5.74) is 2.56. The van der Waals surface area contributed by atoms with E-state index < -0.39 is 5.25 Å². The van der Waals surface area contributed by atoms with E-state index in [4.69, 9.17) is 4.74 Å². The summed E-state index contributed by atoms with van der Waals surface area (Å²) >= 11 is 1.41. The van der Waals surface area contributed by atoms with Gasteiger partial charge in [-0.05, 0) is 11.6 Å². The Morgan fingerprint density at radius 1 is 1.18 bits per heavy atom. The van der Waals surface area contributed by atoms with Crippen LogP contribution < -0.4 is 0 Å². The van der Waals surface area contributed by atoms with Crippen LogP contribution in [-0.4, -0.2) is 39.2 Å². The lowest BCUT2D eigenvalue weighted by Crippen LogP contribution is -2.12. The molecule has 2 aromatic carbocycles. The number of para-hydroxylation sites is 1. The van der Waals surface area contributed by atoms with Crippen molar-refractivity contribution in [2.24, 2.45) is 0 Å². The van der Waals surface area contributed by atoms with Crippen molar-refractivity contribution in [3.63, 3.8) is 0 Å². The number of rotatable bonds is 8. The van der Waals surface area contributed by atoms with E-state index in [0.717, 1.165) is 16.5 Å². The summed E-state index contributed by atoms with van der Waals surface area (Å²) in [7, 11) is 1.66. The van der Waals surface area contributed by atoms with Gasteiger partial charge >= 0.3 is 0 Å². The van der Waals surface area contributed by atoms with Crippen LogP contribution in [0.2, 0.25) is 0 Å². The van der Waals surface area contributed by atoms with Gasteiger partial charge in [-0.1, -0.05) is 60.3 Å². The number of ether oxygens (including phenoxy) is 1. The molecule has 4 rings (SSSR count). The number of benzene rings is 2. The number of nitrogens with zero attached hydrogens (tertiary/aromatic N) is 3. The summed E-state index contributed by atoms with van der Waals surface area (Å²) in [5.74, 6) is 0.0370. The first kappa shape index (κ1) is 18.5. The molecule has 0 unspecified atom stereocenters. The van der Waals surface area contributed by atoms with Gasteiger partial charge in [-0.3, -0.25) is 4.79 Å². The highest BCUT2D eigenvalue weighted by Gasteiger charge is 2.27. The van der Waals surface area contributed by atoms with Gasteiger partial charge in [-0.15, -0.1) is 10.2 Å². The minimum Gasteiger partial charge on any atom is -0.383 e. The third kappa shape index (κ3) is 3.72. The zero-order valence-electron chi connectivity index (χ0n) is 15.4. The second kappa shape index (κ2) is 8.41. The normalized spacial score (nSPS) is 12.3. The molecule has 4 aromatic rings. The molecule has 0 fully saturated rings. The Kier molecular flexibility index (Phi) is 5.55. The summed E-state index contributed by atoms with van der Waals surface area (Å²) in [4.78, 5) is 16.7. The molecule has 0 saturated heterocycles. The number of hydrogen-bond donors (Lipinski definition) is 1. The van der Waals surface area contributed by atoms with E-state index >= 15 is 0 Å². The number of H-pyrrole nitrogens is 1. The summed E-state index contributed by atoms with van der Waals surface area (Å²) in [6.07, 6.45) is 3.46. The smallest absolute Gasteiger partial charge is 0.192 e. The maximum absolute atomic E-state index is 13.5. The lowest BCUT2D eigenvalue weighted by Gasteiger charge is -2.16. The van der Waals surface area contributed by atoms with Gasteiger partial charge in [0.05, 0.1) is 6.61 Å². The van der Waals surface area contributed by atoms with Crippen LogP contribution >= 0.6 is 11.8 Å². The number of thioether (sulfide) groups is 1. The average molecular weight is 392 g/mol. The Morgan fingerprint density at radius 3 is 2.79 bits per heavy atom. The highest BCUT2D eigenvalue weighted by atomic mass is 32.2. The van der Waals surface area contributed by atoms with E-state index in [1.165, 1.54) is 11.8 Å². The van der Waals surface area contributed by atoms with Crippen molar-refractivity contribution in [1.82, 2.24) is 19.7 Å². The van der Waals surface area contributed by atoms with E-state index in [9.17, 15) is 4.79 Å². The molecule has 0 radical (unpaired) electrons. The predicted molar refractivity (Wildman–Crippen MR) is 110 cm³/mol. The van der Waals surface area contributed by atoms with Crippen LogP contribution in [0.15, 0.2) is 72.3 Å². The van der Waals surface area contributed by atoms with Crippen LogP contribution in [0.5, 0.6) is 0 Å². The Balaban J connectivity index is 1.70. The van der Waals surface area contributed by atoms with Crippen LogP contribution in [0.25, 0.3) is 10.9 Å². The van der Waals surface area contributed by atoms with Crippen molar-refractivity contribution >= 4 is 28.4 Å². The number of ketones is 1. The fourth-order valence-electron chi connectivity index (χ4n) is 3.10. The maximum Gasteiger partial charge on any atom is 0.192 e. The van der Waals surface area contributed by atoms with Crippen LogP contribution in [0.3, 0.4) is 0 Å². The van der Waals surface area contributed by atoms with E-state index in [1.807, 2.05) is 59.2 Å². The quantitative estimate of drug-likeness (QED) is 0.361. The molecule has 1 N–H and O–H groups in total. The monoisotopic (exact) mass is 392 g/mol. The lowest BCUT2D eigenvalue weighted by molar-refractivity contribution is 0.0991. The number of methoxy groups -OCH3 is 1. The summed E-state index contributed by atoms with van der Waals surface area (Å²) in [5, 5.41) is 9.43. The molecule has 2 heterocycles. The summed E-state index contributed by atoms with van der Waals surface area (Å²) in [6.45, 7) is 1.19. The third-order valence-corrected chi connectivity index (χ3v) is 5.78. The van der Waals surface area contributed by atoms with Gasteiger partial charge in [-0.25, -0.2) is 0 Å². The standard InChI is InChI=1S/C21H20N4O2S/c1-27-12-11-25-14-23-24-21(25)28-20(15-7-3-2-4-8-15)19(26)17-13-22-18-10-6-5-9-16(17)18/h2-10,13-14,20,22H,11-12H2,1H3/t20-/m0/s1. The Labute approximate surface area is 166 Å². The van der Waals surface area contributed by atoms with Crippen LogP contribution in [0, 0.1) is 0 Å². The first-order valence-electron chi connectivity index (χ1n) is 8.96. The second-order valence-electron chi connectivity index (χ2n) is 6.32. The fourth-order valence-corrected chi connectivity index (χ4v) is 4.21. The molecule has 0 saturated carbocycles. The molecule has 0 spiro atoms. The van der Waals surface area contributed by atoms with Gasteiger partial charge in [0, 0.05) is 36.3 Å². The highest BCUT2D eigenvalue weighted by molar-refractivity contribution is 8.00. The van der Waals surface area contributed by atoms with Crippen molar-refractivity contribution < 1.29 is 9.53 Å². The van der Waals surface area contributed by atoms with Crippen molar-refractivity contribution in [2.45, 2.75) is 17.0 Å². The number of aromatic amines is 1. The van der Waals surface area contributed by atoms with Crippen LogP contribution in [0.4, 0.5) is 0 Å². The van der Waals surface area contributed by atoms with Gasteiger partial charge < -0.3 is 14.3 Å². The van der Waals surface area contributed by atoms with Crippen molar-refractivity contribution in [2.75, 3.05) is 13.7 Å². The minimum atomic E-state index is -0.425. The molecule has 28 heavy (non-hydrogen) atoms. The summed E-state index contributed by atoms with van der Waals surface area (Å²) in [6, 6.07) is 17.6. The molecule has 1 atom stereocenters. The lowest BCUT2D eigenvalue weighted by atomic mass is 10.0. The Morgan fingerprint density at radius 2 is 1.96 bits per heavy atom. The molecular formula is C21H20N4O2S. The fraction of sp³-hybridized carbons (Fsp3) is 0.190. The molecular weight excluding hydrogens is 372 g/mol. The molecule has 142 valence electrons. The van der Waals surface area contributed by atoms with Crippen LogP contribution in [-0.2, 0) is 11.3 Å². The van der Waals surface area contributed by atoms with Crippen molar-refractivity contribution in [1.29, 1.82) is 0 Å². The Bertz CT molecular complexity index is 1070. The first-order chi connectivity index (χ1) is 13.8. The minimum absolute atomic E-state index is 0.0370. The molecule has 0 bridgehead atoms. The predicted octanol–water partition coefficient (Wildman–Crippen LogP) is 4.12. The highest BCUT2D eigenvalue weighted by Crippen LogP contribution is 2.38. The number of carbonyl (C=O) groups excluding carboxylic acids is 1. The van der Waals surface area contributed by atoms with Gasteiger partial charge in [0.1, 0.15) is 11.6 Å². The van der Waals surface area contributed by atoms with Crippen molar-refractivity contribution in [3.05, 3.63) is 78.2 Å². The number of Topliss-reactive ketones (excluding diaryl/α,β-unsaturated/α-hetero) is 1. The zero-order valence-corrected chi connectivity index (χ0v) is 16.2. The third-order valence-electron chi connectivity index (χ3n) is 4.53. The number of aromatic nitrogens is 4.